The summed E-state index contributed by atoms with van der Waals surface area (Å²) in [5, 5.41) is 1.12. The van der Waals surface area contributed by atoms with Crippen LogP contribution in [0.15, 0.2) is 53.5 Å². The van der Waals surface area contributed by atoms with Gasteiger partial charge in [-0.15, -0.1) is 0 Å². The lowest BCUT2D eigenvalue weighted by molar-refractivity contribution is 0.357. The molecule has 0 unspecified atom stereocenters. The molecule has 0 aliphatic carbocycles. The van der Waals surface area contributed by atoms with Crippen molar-refractivity contribution in [1.82, 2.24) is 9.88 Å². The predicted octanol–water partition coefficient (Wildman–Crippen LogP) is 4.42. The van der Waals surface area contributed by atoms with Crippen molar-refractivity contribution in [2.75, 3.05) is 20.1 Å². The number of ether oxygens (including phenoxy) is 1. The number of para-hydroxylation sites is 1. The van der Waals surface area contributed by atoms with Gasteiger partial charge in [0.05, 0.1) is 5.52 Å². The fourth-order valence-electron chi connectivity index (χ4n) is 3.18. The lowest BCUT2D eigenvalue weighted by Crippen LogP contribution is -2.21. The average Bonchev–Trinajstić information content (AvgIpc) is 2.74. The maximum Gasteiger partial charge on any atom is 0.290 e. The van der Waals surface area contributed by atoms with Gasteiger partial charge in [0.2, 0.25) is 0 Å². The summed E-state index contributed by atoms with van der Waals surface area (Å²) in [7, 11) is 2.13. The summed E-state index contributed by atoms with van der Waals surface area (Å²) < 4.78 is 5.83. The number of rotatable bonds is 6. The molecule has 0 fully saturated rings. The molecule has 30 heavy (non-hydrogen) atoms. The van der Waals surface area contributed by atoms with Gasteiger partial charge in [-0.05, 0) is 81.0 Å². The molecule has 0 radical (unpaired) electrons. The van der Waals surface area contributed by atoms with E-state index >= 15 is 0 Å². The summed E-state index contributed by atoms with van der Waals surface area (Å²) in [6, 6.07) is 15.8. The van der Waals surface area contributed by atoms with Crippen LogP contribution in [0.1, 0.15) is 29.3 Å². The number of hydrogen-bond acceptors (Lipinski definition) is 4. The topological polar surface area (TPSA) is 63.7 Å². The van der Waals surface area contributed by atoms with Crippen LogP contribution in [0.2, 0.25) is 0 Å². The van der Waals surface area contributed by atoms with E-state index in [4.69, 9.17) is 22.7 Å². The van der Waals surface area contributed by atoms with Crippen LogP contribution in [0.5, 0.6) is 5.75 Å². The number of hydrogen-bond donors (Lipinski definition) is 1. The molecule has 6 heteroatoms. The van der Waals surface area contributed by atoms with Crippen molar-refractivity contribution >= 4 is 34.1 Å². The van der Waals surface area contributed by atoms with Crippen LogP contribution in [0, 0.1) is 13.8 Å². The maximum absolute atomic E-state index is 6.13. The third-order valence-electron chi connectivity index (χ3n) is 5.21. The average molecular weight is 421 g/mol. The van der Waals surface area contributed by atoms with E-state index in [1.807, 2.05) is 49.4 Å². The second-order valence-electron chi connectivity index (χ2n) is 7.44. The largest absolute Gasteiger partial charge is 0.430 e. The molecule has 0 aliphatic rings. The van der Waals surface area contributed by atoms with E-state index in [9.17, 15) is 0 Å². The van der Waals surface area contributed by atoms with Gasteiger partial charge >= 0.3 is 0 Å². The van der Waals surface area contributed by atoms with E-state index in [0.717, 1.165) is 36.0 Å². The van der Waals surface area contributed by atoms with Crippen LogP contribution < -0.4 is 10.5 Å². The number of aromatic nitrogens is 1. The van der Waals surface area contributed by atoms with Gasteiger partial charge in [0.25, 0.3) is 5.17 Å². The van der Waals surface area contributed by atoms with Gasteiger partial charge < -0.3 is 15.4 Å². The van der Waals surface area contributed by atoms with E-state index in [1.165, 1.54) is 11.1 Å². The van der Waals surface area contributed by atoms with Gasteiger partial charge in [0.15, 0.2) is 5.84 Å². The van der Waals surface area contributed by atoms with Crippen LogP contribution in [-0.4, -0.2) is 41.0 Å². The molecule has 0 saturated carbocycles. The molecule has 0 atom stereocenters. The first kappa shape index (κ1) is 21.9. The zero-order valence-electron chi connectivity index (χ0n) is 18.0. The third-order valence-corrected chi connectivity index (χ3v) is 5.38. The van der Waals surface area contributed by atoms with Gasteiger partial charge in [-0.3, -0.25) is 0 Å². The molecule has 0 bridgehead atoms. The van der Waals surface area contributed by atoms with Crippen LogP contribution in [0.4, 0.5) is 0 Å². The second-order valence-corrected chi connectivity index (χ2v) is 7.79. The lowest BCUT2D eigenvalue weighted by Gasteiger charge is -2.16. The predicted molar refractivity (Wildman–Crippen MR) is 128 cm³/mol. The van der Waals surface area contributed by atoms with Crippen molar-refractivity contribution in [3.05, 3.63) is 70.9 Å². The molecule has 0 saturated heterocycles. The summed E-state index contributed by atoms with van der Waals surface area (Å²) in [4.78, 5) is 11.1. The van der Waals surface area contributed by atoms with Crippen molar-refractivity contribution in [3.63, 3.8) is 0 Å². The zero-order valence-corrected chi connectivity index (χ0v) is 18.8. The Morgan fingerprint density at radius 2 is 1.90 bits per heavy atom. The number of thiocarbonyl (C=S) groups is 1. The van der Waals surface area contributed by atoms with Crippen LogP contribution in [0.25, 0.3) is 10.9 Å². The first-order valence-corrected chi connectivity index (χ1v) is 10.5. The molecule has 1 heterocycles. The van der Waals surface area contributed by atoms with Crippen molar-refractivity contribution in [1.29, 1.82) is 0 Å². The van der Waals surface area contributed by atoms with E-state index in [-0.39, 0.29) is 11.0 Å². The molecule has 3 rings (SSSR count). The summed E-state index contributed by atoms with van der Waals surface area (Å²) in [5.41, 5.74) is 11.1. The Morgan fingerprint density at radius 3 is 2.67 bits per heavy atom. The molecule has 0 spiro atoms. The molecular weight excluding hydrogens is 392 g/mol. The Hall–Kier alpha value is -2.83. The van der Waals surface area contributed by atoms with Crippen LogP contribution in [-0.2, 0) is 6.42 Å². The Bertz CT molecular complexity index is 1090. The molecule has 2 aromatic carbocycles. The Balaban J connectivity index is 1.73. The highest BCUT2D eigenvalue weighted by Crippen LogP contribution is 2.24. The summed E-state index contributed by atoms with van der Waals surface area (Å²) >= 11 is 5.32. The highest BCUT2D eigenvalue weighted by Gasteiger charge is 2.10. The van der Waals surface area contributed by atoms with E-state index in [2.05, 4.69) is 41.8 Å². The quantitative estimate of drug-likeness (QED) is 0.363. The molecule has 156 valence electrons. The zero-order chi connectivity index (χ0) is 21.7. The number of aliphatic imine (C=N–C) groups is 1. The Labute approximate surface area is 183 Å². The molecule has 1 aromatic heterocycles. The van der Waals surface area contributed by atoms with Gasteiger partial charge in [-0.1, -0.05) is 37.3 Å². The number of fused-ring (bicyclic) bond motifs is 1. The normalized spacial score (nSPS) is 11.8. The standard InChI is InChI=1S/C24H28N4OS/c1-5-28(4)13-12-19-14-17(3)22(15-16(19)2)29-24(30)27-23(25)21-11-10-18-8-6-7-9-20(18)26-21/h6-11,14-15H,5,12-13H2,1-4H3,(H2,25,27,30). The Kier molecular flexibility index (Phi) is 7.13. The van der Waals surface area contributed by atoms with Gasteiger partial charge in [-0.25, -0.2) is 4.98 Å². The fourth-order valence-corrected chi connectivity index (χ4v) is 3.37. The monoisotopic (exact) mass is 420 g/mol. The Morgan fingerprint density at radius 1 is 1.13 bits per heavy atom. The highest BCUT2D eigenvalue weighted by molar-refractivity contribution is 7.80. The minimum Gasteiger partial charge on any atom is -0.430 e. The van der Waals surface area contributed by atoms with Gasteiger partial charge in [0.1, 0.15) is 11.4 Å². The van der Waals surface area contributed by atoms with Crippen LogP contribution in [0.3, 0.4) is 0 Å². The number of pyridine rings is 1. The van der Waals surface area contributed by atoms with Gasteiger partial charge in [-0.2, -0.15) is 4.99 Å². The highest BCUT2D eigenvalue weighted by atomic mass is 32.1. The van der Waals surface area contributed by atoms with Crippen molar-refractivity contribution in [2.24, 2.45) is 10.7 Å². The number of likely N-dealkylation sites (N-methyl/N-ethyl adjacent to an activating group) is 1. The van der Waals surface area contributed by atoms with E-state index in [1.54, 1.807) is 0 Å². The minimum absolute atomic E-state index is 0.0726. The summed E-state index contributed by atoms with van der Waals surface area (Å²) in [6.07, 6.45) is 1.00. The number of amidine groups is 1. The number of nitrogens with two attached hydrogens (primary N) is 1. The maximum atomic E-state index is 6.13. The molecule has 5 nitrogen and oxygen atoms in total. The number of benzene rings is 2. The summed E-state index contributed by atoms with van der Waals surface area (Å²) in [5.74, 6) is 0.937. The smallest absolute Gasteiger partial charge is 0.290 e. The lowest BCUT2D eigenvalue weighted by atomic mass is 10.0. The SMILES string of the molecule is CCN(C)CCc1cc(C)c(OC(=S)N=C(N)c2ccc3ccccc3n2)cc1C. The third kappa shape index (κ3) is 5.40. The first-order valence-electron chi connectivity index (χ1n) is 10.1. The molecule has 0 amide bonds. The van der Waals surface area contributed by atoms with Crippen molar-refractivity contribution in [3.8, 4) is 5.75 Å². The first-order chi connectivity index (χ1) is 14.4. The molecular formula is C24H28N4OS. The van der Waals surface area contributed by atoms with Crippen LogP contribution >= 0.6 is 12.2 Å². The number of nitrogens with zero attached hydrogens (tertiary/aromatic N) is 3. The van der Waals surface area contributed by atoms with Crippen molar-refractivity contribution in [2.45, 2.75) is 27.2 Å². The van der Waals surface area contributed by atoms with E-state index in [0.29, 0.717) is 11.4 Å². The van der Waals surface area contributed by atoms with Gasteiger partial charge in [0, 0.05) is 11.9 Å². The summed E-state index contributed by atoms with van der Waals surface area (Å²) in [6.45, 7) is 8.33. The van der Waals surface area contributed by atoms with E-state index < -0.39 is 0 Å². The minimum atomic E-state index is 0.0726. The molecule has 2 N–H and O–H groups in total. The molecule has 3 aromatic rings. The fraction of sp³-hybridized carbons (Fsp3) is 0.292. The second kappa shape index (κ2) is 9.78. The van der Waals surface area contributed by atoms with Crippen molar-refractivity contribution < 1.29 is 4.74 Å². The number of aryl methyl sites for hydroxylation is 2. The molecule has 0 aliphatic heterocycles.